The van der Waals surface area contributed by atoms with Crippen molar-refractivity contribution in [2.75, 3.05) is 0 Å². The van der Waals surface area contributed by atoms with Crippen LogP contribution in [0.3, 0.4) is 0 Å². The van der Waals surface area contributed by atoms with Crippen molar-refractivity contribution in [3.63, 3.8) is 0 Å². The monoisotopic (exact) mass is 397 g/mol. The highest BCUT2D eigenvalue weighted by molar-refractivity contribution is 7.89. The van der Waals surface area contributed by atoms with Gasteiger partial charge in [0.1, 0.15) is 0 Å². The third-order valence-corrected chi connectivity index (χ3v) is 6.49. The van der Waals surface area contributed by atoms with E-state index in [0.29, 0.717) is 6.42 Å². The van der Waals surface area contributed by atoms with E-state index in [-0.39, 0.29) is 17.0 Å². The quantitative estimate of drug-likeness (QED) is 0.609. The number of rotatable bonds is 8. The van der Waals surface area contributed by atoms with Gasteiger partial charge in [-0.3, -0.25) is 4.98 Å². The molecule has 3 N–H and O–H groups in total. The highest BCUT2D eigenvalue weighted by atomic mass is 32.2. The van der Waals surface area contributed by atoms with Crippen molar-refractivity contribution in [3.8, 4) is 0 Å². The average Bonchev–Trinajstić information content (AvgIpc) is 2.67. The minimum Gasteiger partial charge on any atom is -0.328 e. The van der Waals surface area contributed by atoms with Crippen molar-refractivity contribution in [1.82, 2.24) is 9.71 Å². The Morgan fingerprint density at radius 3 is 2.61 bits per heavy atom. The Morgan fingerprint density at radius 2 is 1.86 bits per heavy atom. The Kier molecular flexibility index (Phi) is 6.44. The van der Waals surface area contributed by atoms with Gasteiger partial charge in [0.15, 0.2) is 0 Å². The standard InChI is InChI=1S/C22H27N3O2S/c1-16-14-24-15-19-9-11-21(13-22(16)19)28(26,27)25-17(2)12-20(23)10-8-18-6-4-3-5-7-18/h3-7,9,11,13-15,17,20,25H,8,10,12,23H2,1-2H3/t17-,20?/m1/s1. The molecule has 5 nitrogen and oxygen atoms in total. The fourth-order valence-corrected chi connectivity index (χ4v) is 4.69. The molecule has 0 bridgehead atoms. The molecule has 0 saturated carbocycles. The minimum absolute atomic E-state index is 0.0668. The van der Waals surface area contributed by atoms with Crippen molar-refractivity contribution in [3.05, 3.63) is 72.1 Å². The van der Waals surface area contributed by atoms with Crippen LogP contribution in [0.2, 0.25) is 0 Å². The average molecular weight is 398 g/mol. The van der Waals surface area contributed by atoms with Crippen molar-refractivity contribution < 1.29 is 8.42 Å². The Morgan fingerprint density at radius 1 is 1.11 bits per heavy atom. The third-order valence-electron chi connectivity index (χ3n) is 4.90. The van der Waals surface area contributed by atoms with E-state index in [1.54, 1.807) is 30.6 Å². The zero-order chi connectivity index (χ0) is 20.1. The number of sulfonamides is 1. The molecule has 0 amide bonds. The molecule has 3 aromatic rings. The molecule has 2 aromatic carbocycles. The van der Waals surface area contributed by atoms with Crippen LogP contribution >= 0.6 is 0 Å². The molecule has 3 rings (SSSR count). The molecular formula is C22H27N3O2S. The summed E-state index contributed by atoms with van der Waals surface area (Å²) >= 11 is 0. The maximum absolute atomic E-state index is 12.8. The predicted octanol–water partition coefficient (Wildman–Crippen LogP) is 3.56. The number of benzene rings is 2. The summed E-state index contributed by atoms with van der Waals surface area (Å²) in [5, 5.41) is 1.82. The van der Waals surface area contributed by atoms with Gasteiger partial charge in [-0.05, 0) is 61.8 Å². The second kappa shape index (κ2) is 8.82. The highest BCUT2D eigenvalue weighted by Crippen LogP contribution is 2.21. The fraction of sp³-hybridized carbons (Fsp3) is 0.318. The van der Waals surface area contributed by atoms with Crippen molar-refractivity contribution in [2.45, 2.75) is 50.1 Å². The van der Waals surface area contributed by atoms with Crippen LogP contribution in [0.25, 0.3) is 10.8 Å². The zero-order valence-electron chi connectivity index (χ0n) is 16.3. The Balaban J connectivity index is 1.62. The summed E-state index contributed by atoms with van der Waals surface area (Å²) in [5.74, 6) is 0. The molecule has 2 atom stereocenters. The van der Waals surface area contributed by atoms with E-state index in [4.69, 9.17) is 5.73 Å². The largest absolute Gasteiger partial charge is 0.328 e. The lowest BCUT2D eigenvalue weighted by molar-refractivity contribution is 0.484. The van der Waals surface area contributed by atoms with Gasteiger partial charge < -0.3 is 5.73 Å². The van der Waals surface area contributed by atoms with Gasteiger partial charge in [-0.15, -0.1) is 0 Å². The van der Waals surface area contributed by atoms with Gasteiger partial charge in [0.25, 0.3) is 0 Å². The summed E-state index contributed by atoms with van der Waals surface area (Å²) in [6, 6.07) is 15.0. The fourth-order valence-electron chi connectivity index (χ4n) is 3.41. The molecule has 0 aliphatic heterocycles. The normalized spacial score (nSPS) is 14.1. The number of nitrogens with zero attached hydrogens (tertiary/aromatic N) is 1. The number of aryl methyl sites for hydroxylation is 2. The van der Waals surface area contributed by atoms with Crippen LogP contribution in [-0.4, -0.2) is 25.5 Å². The minimum atomic E-state index is -3.61. The van der Waals surface area contributed by atoms with E-state index in [9.17, 15) is 8.42 Å². The van der Waals surface area contributed by atoms with E-state index in [2.05, 4.69) is 21.8 Å². The smallest absolute Gasteiger partial charge is 0.240 e. The maximum atomic E-state index is 12.8. The first-order valence-corrected chi connectivity index (χ1v) is 11.0. The highest BCUT2D eigenvalue weighted by Gasteiger charge is 2.19. The molecule has 0 aliphatic carbocycles. The SMILES string of the molecule is Cc1cncc2ccc(S(=O)(=O)N[C@H](C)CC(N)CCc3ccccc3)cc12. The molecule has 0 radical (unpaired) electrons. The first-order valence-electron chi connectivity index (χ1n) is 9.51. The van der Waals surface area contributed by atoms with Gasteiger partial charge in [0.05, 0.1) is 4.90 Å². The number of pyridine rings is 1. The molecule has 28 heavy (non-hydrogen) atoms. The van der Waals surface area contributed by atoms with E-state index >= 15 is 0 Å². The van der Waals surface area contributed by atoms with E-state index in [1.807, 2.05) is 32.0 Å². The number of hydrogen-bond acceptors (Lipinski definition) is 4. The molecule has 1 aromatic heterocycles. The molecule has 6 heteroatoms. The number of nitrogens with two attached hydrogens (primary N) is 1. The zero-order valence-corrected chi connectivity index (χ0v) is 17.1. The third kappa shape index (κ3) is 5.16. The van der Waals surface area contributed by atoms with Gasteiger partial charge >= 0.3 is 0 Å². The molecule has 0 saturated heterocycles. The molecule has 0 aliphatic rings. The van der Waals surface area contributed by atoms with Gasteiger partial charge in [0, 0.05) is 29.9 Å². The van der Waals surface area contributed by atoms with Gasteiger partial charge in [-0.2, -0.15) is 0 Å². The van der Waals surface area contributed by atoms with E-state index in [1.165, 1.54) is 5.56 Å². The van der Waals surface area contributed by atoms with Crippen LogP contribution in [0.5, 0.6) is 0 Å². The molecule has 0 fully saturated rings. The summed E-state index contributed by atoms with van der Waals surface area (Å²) in [6.45, 7) is 3.78. The number of hydrogen-bond donors (Lipinski definition) is 2. The first-order chi connectivity index (χ1) is 13.3. The Bertz CT molecular complexity index is 1040. The van der Waals surface area contributed by atoms with Gasteiger partial charge in [0.2, 0.25) is 10.0 Å². The lowest BCUT2D eigenvalue weighted by Crippen LogP contribution is -2.37. The Labute approximate surface area is 167 Å². The van der Waals surface area contributed by atoms with Gasteiger partial charge in [-0.25, -0.2) is 13.1 Å². The van der Waals surface area contributed by atoms with Crippen LogP contribution in [0.4, 0.5) is 0 Å². The number of nitrogens with one attached hydrogen (secondary N) is 1. The van der Waals surface area contributed by atoms with E-state index < -0.39 is 10.0 Å². The van der Waals surface area contributed by atoms with E-state index in [0.717, 1.165) is 29.2 Å². The molecule has 0 spiro atoms. The van der Waals surface area contributed by atoms with Crippen LogP contribution in [-0.2, 0) is 16.4 Å². The second-order valence-corrected chi connectivity index (χ2v) is 9.10. The van der Waals surface area contributed by atoms with Gasteiger partial charge in [-0.1, -0.05) is 36.4 Å². The summed E-state index contributed by atoms with van der Waals surface area (Å²) < 4.78 is 28.3. The second-order valence-electron chi connectivity index (χ2n) is 7.38. The van der Waals surface area contributed by atoms with Crippen LogP contribution in [0, 0.1) is 6.92 Å². The molecule has 148 valence electrons. The molecule has 1 unspecified atom stereocenters. The molecular weight excluding hydrogens is 370 g/mol. The lowest BCUT2D eigenvalue weighted by Gasteiger charge is -2.19. The van der Waals surface area contributed by atoms with Crippen molar-refractivity contribution in [1.29, 1.82) is 0 Å². The summed E-state index contributed by atoms with van der Waals surface area (Å²) in [7, 11) is -3.61. The molecule has 1 heterocycles. The van der Waals surface area contributed by atoms with Crippen molar-refractivity contribution in [2.24, 2.45) is 5.73 Å². The summed E-state index contributed by atoms with van der Waals surface area (Å²) in [5.41, 5.74) is 8.42. The number of fused-ring (bicyclic) bond motifs is 1. The van der Waals surface area contributed by atoms with Crippen LogP contribution in [0.1, 0.15) is 30.9 Å². The number of aromatic nitrogens is 1. The summed E-state index contributed by atoms with van der Waals surface area (Å²) in [6.07, 6.45) is 5.77. The van der Waals surface area contributed by atoms with Crippen LogP contribution < -0.4 is 10.5 Å². The van der Waals surface area contributed by atoms with Crippen LogP contribution in [0.15, 0.2) is 65.8 Å². The lowest BCUT2D eigenvalue weighted by atomic mass is 10.0. The Hall–Kier alpha value is -2.28. The summed E-state index contributed by atoms with van der Waals surface area (Å²) in [4.78, 5) is 4.41. The maximum Gasteiger partial charge on any atom is 0.240 e. The van der Waals surface area contributed by atoms with Crippen molar-refractivity contribution >= 4 is 20.8 Å². The predicted molar refractivity (Wildman–Crippen MR) is 114 cm³/mol. The first kappa shape index (κ1) is 20.5. The topological polar surface area (TPSA) is 85.1 Å².